The van der Waals surface area contributed by atoms with Crippen LogP contribution in [-0.4, -0.2) is 50.2 Å². The van der Waals surface area contributed by atoms with E-state index in [-0.39, 0.29) is 0 Å². The Morgan fingerprint density at radius 1 is 1.58 bits per heavy atom. The topological polar surface area (TPSA) is 31.4 Å². The van der Waals surface area contributed by atoms with Gasteiger partial charge >= 0.3 is 0 Å². The van der Waals surface area contributed by atoms with E-state index in [4.69, 9.17) is 4.98 Å². The maximum absolute atomic E-state index is 4.73. The molecule has 4 nitrogen and oxygen atoms in total. The number of anilines is 1. The van der Waals surface area contributed by atoms with Crippen LogP contribution in [0.4, 0.5) is 5.13 Å². The molecule has 1 fully saturated rings. The van der Waals surface area contributed by atoms with Crippen molar-refractivity contribution in [2.45, 2.75) is 38.8 Å². The second kappa shape index (κ2) is 6.20. The normalized spacial score (nSPS) is 21.8. The van der Waals surface area contributed by atoms with Crippen LogP contribution in [0.5, 0.6) is 0 Å². The molecule has 1 N–H and O–H groups in total. The summed E-state index contributed by atoms with van der Waals surface area (Å²) in [6.07, 6.45) is 2.64. The minimum Gasteiger partial charge on any atom is -0.350 e. The first-order valence-corrected chi connectivity index (χ1v) is 7.90. The monoisotopic (exact) mass is 282 g/mol. The summed E-state index contributed by atoms with van der Waals surface area (Å²) in [6.45, 7) is 6.61. The third-order valence-electron chi connectivity index (χ3n) is 4.13. The van der Waals surface area contributed by atoms with E-state index in [1.165, 1.54) is 24.3 Å². The van der Waals surface area contributed by atoms with Crippen molar-refractivity contribution in [3.05, 3.63) is 10.6 Å². The molecule has 1 aromatic rings. The Labute approximate surface area is 120 Å². The number of aromatic nitrogens is 1. The van der Waals surface area contributed by atoms with Crippen molar-refractivity contribution in [3.8, 4) is 0 Å². The second-order valence-electron chi connectivity index (χ2n) is 5.61. The molecule has 0 aromatic carbocycles. The van der Waals surface area contributed by atoms with Crippen LogP contribution in [0.3, 0.4) is 0 Å². The molecule has 2 rings (SSSR count). The summed E-state index contributed by atoms with van der Waals surface area (Å²) in [4.78, 5) is 10.9. The number of nitrogens with zero attached hydrogens (tertiary/aromatic N) is 3. The number of hydrogen-bond acceptors (Lipinski definition) is 5. The van der Waals surface area contributed by atoms with E-state index in [1.807, 2.05) is 18.4 Å². The molecule has 2 atom stereocenters. The van der Waals surface area contributed by atoms with E-state index in [0.717, 1.165) is 17.4 Å². The maximum Gasteiger partial charge on any atom is 0.185 e. The largest absolute Gasteiger partial charge is 0.350 e. The zero-order valence-electron chi connectivity index (χ0n) is 12.7. The number of aryl methyl sites for hydroxylation is 1. The van der Waals surface area contributed by atoms with Gasteiger partial charge in [-0.15, -0.1) is 11.3 Å². The highest BCUT2D eigenvalue weighted by Gasteiger charge is 2.23. The van der Waals surface area contributed by atoms with Crippen molar-refractivity contribution in [3.63, 3.8) is 0 Å². The number of thiazole rings is 1. The van der Waals surface area contributed by atoms with E-state index >= 15 is 0 Å². The number of rotatable bonds is 5. The molecule has 1 saturated heterocycles. The lowest BCUT2D eigenvalue weighted by molar-refractivity contribution is 0.314. The molecule has 0 bridgehead atoms. The molecule has 1 aliphatic rings. The molecule has 5 heteroatoms. The minimum absolute atomic E-state index is 0.383. The van der Waals surface area contributed by atoms with Gasteiger partial charge in [0.05, 0.1) is 5.69 Å². The van der Waals surface area contributed by atoms with Gasteiger partial charge in [0, 0.05) is 30.6 Å². The van der Waals surface area contributed by atoms with Crippen molar-refractivity contribution < 1.29 is 0 Å². The molecular weight excluding hydrogens is 256 g/mol. The van der Waals surface area contributed by atoms with Crippen molar-refractivity contribution in [1.82, 2.24) is 15.2 Å². The zero-order valence-corrected chi connectivity index (χ0v) is 13.5. The Kier molecular flexibility index (Phi) is 4.81. The van der Waals surface area contributed by atoms with Crippen LogP contribution in [0.15, 0.2) is 0 Å². The molecule has 1 aromatic heterocycles. The summed E-state index contributed by atoms with van der Waals surface area (Å²) in [6, 6.07) is 1.06. The molecule has 1 aliphatic heterocycles. The van der Waals surface area contributed by atoms with Crippen molar-refractivity contribution in [1.29, 1.82) is 0 Å². The van der Waals surface area contributed by atoms with Gasteiger partial charge in [0.1, 0.15) is 0 Å². The molecule has 0 aliphatic carbocycles. The first kappa shape index (κ1) is 14.8. The Balaban J connectivity index is 2.04. The van der Waals surface area contributed by atoms with Crippen LogP contribution < -0.4 is 10.2 Å². The first-order valence-electron chi connectivity index (χ1n) is 7.09. The van der Waals surface area contributed by atoms with Crippen molar-refractivity contribution >= 4 is 16.5 Å². The van der Waals surface area contributed by atoms with Gasteiger partial charge in [-0.2, -0.15) is 0 Å². The standard InChI is InChI=1S/C14H26N4S/c1-10(15-3)13-11(2)16-14(19-13)18(5)9-12-7-6-8-17(12)4/h10,12,15H,6-9H2,1-5H3. The fraction of sp³-hybridized carbons (Fsp3) is 0.786. The van der Waals surface area contributed by atoms with Crippen LogP contribution in [-0.2, 0) is 0 Å². The van der Waals surface area contributed by atoms with Gasteiger partial charge in [-0.25, -0.2) is 4.98 Å². The van der Waals surface area contributed by atoms with Crippen LogP contribution >= 0.6 is 11.3 Å². The Morgan fingerprint density at radius 3 is 2.89 bits per heavy atom. The van der Waals surface area contributed by atoms with Gasteiger partial charge in [-0.3, -0.25) is 0 Å². The molecule has 0 radical (unpaired) electrons. The summed E-state index contributed by atoms with van der Waals surface area (Å²) in [5.41, 5.74) is 1.16. The molecule has 0 spiro atoms. The van der Waals surface area contributed by atoms with Crippen LogP contribution in [0.2, 0.25) is 0 Å². The van der Waals surface area contributed by atoms with Crippen molar-refractivity contribution in [2.24, 2.45) is 0 Å². The molecule has 2 unspecified atom stereocenters. The average molecular weight is 282 g/mol. The second-order valence-corrected chi connectivity index (χ2v) is 6.62. The summed E-state index contributed by atoms with van der Waals surface area (Å²) in [5.74, 6) is 0. The van der Waals surface area contributed by atoms with Crippen molar-refractivity contribution in [2.75, 3.05) is 39.1 Å². The van der Waals surface area contributed by atoms with Gasteiger partial charge in [0.15, 0.2) is 5.13 Å². The maximum atomic E-state index is 4.73. The van der Waals surface area contributed by atoms with Crippen LogP contribution in [0.1, 0.15) is 36.4 Å². The minimum atomic E-state index is 0.383. The smallest absolute Gasteiger partial charge is 0.185 e. The quantitative estimate of drug-likeness (QED) is 0.897. The van der Waals surface area contributed by atoms with Crippen LogP contribution in [0, 0.1) is 6.92 Å². The summed E-state index contributed by atoms with van der Waals surface area (Å²) >= 11 is 1.82. The molecule has 108 valence electrons. The van der Waals surface area contributed by atoms with E-state index in [1.54, 1.807) is 0 Å². The van der Waals surface area contributed by atoms with Gasteiger partial charge in [-0.1, -0.05) is 0 Å². The number of likely N-dealkylation sites (N-methyl/N-ethyl adjacent to an activating group) is 2. The Morgan fingerprint density at radius 2 is 2.32 bits per heavy atom. The predicted octanol–water partition coefficient (Wildman–Crippen LogP) is 2.26. The number of likely N-dealkylation sites (tertiary alicyclic amines) is 1. The predicted molar refractivity (Wildman–Crippen MR) is 83.2 cm³/mol. The van der Waals surface area contributed by atoms with E-state index in [2.05, 4.69) is 43.1 Å². The highest BCUT2D eigenvalue weighted by molar-refractivity contribution is 7.15. The average Bonchev–Trinajstić information content (AvgIpc) is 2.95. The van der Waals surface area contributed by atoms with Gasteiger partial charge in [0.25, 0.3) is 0 Å². The van der Waals surface area contributed by atoms with Gasteiger partial charge < -0.3 is 15.1 Å². The van der Waals surface area contributed by atoms with Crippen LogP contribution in [0.25, 0.3) is 0 Å². The Hall–Kier alpha value is -0.650. The fourth-order valence-electron chi connectivity index (χ4n) is 2.69. The summed E-state index contributed by atoms with van der Waals surface area (Å²) < 4.78 is 0. The lowest BCUT2D eigenvalue weighted by Crippen LogP contribution is -2.36. The molecular formula is C14H26N4S. The number of hydrogen-bond donors (Lipinski definition) is 1. The molecule has 2 heterocycles. The van der Waals surface area contributed by atoms with E-state index in [9.17, 15) is 0 Å². The summed E-state index contributed by atoms with van der Waals surface area (Å²) in [7, 11) is 6.39. The lowest BCUT2D eigenvalue weighted by atomic mass is 10.2. The van der Waals surface area contributed by atoms with Gasteiger partial charge in [-0.05, 0) is 47.3 Å². The summed E-state index contributed by atoms with van der Waals surface area (Å²) in [5, 5.41) is 4.45. The third-order valence-corrected chi connectivity index (χ3v) is 5.58. The molecule has 0 amide bonds. The first-order chi connectivity index (χ1) is 9.02. The molecule has 0 saturated carbocycles. The zero-order chi connectivity index (χ0) is 14.0. The highest BCUT2D eigenvalue weighted by Crippen LogP contribution is 2.30. The molecule has 19 heavy (non-hydrogen) atoms. The van der Waals surface area contributed by atoms with E-state index < -0.39 is 0 Å². The SMILES string of the molecule is CNC(C)c1sc(N(C)CC2CCCN2C)nc1C. The fourth-order valence-corrected chi connectivity index (χ4v) is 3.79. The van der Waals surface area contributed by atoms with E-state index in [0.29, 0.717) is 12.1 Å². The third kappa shape index (κ3) is 3.27. The highest BCUT2D eigenvalue weighted by atomic mass is 32.1. The lowest BCUT2D eigenvalue weighted by Gasteiger charge is -2.25. The Bertz CT molecular complexity index is 418. The van der Waals surface area contributed by atoms with Gasteiger partial charge in [0.2, 0.25) is 0 Å². The number of nitrogens with one attached hydrogen (secondary N) is 1.